The van der Waals surface area contributed by atoms with Crippen molar-refractivity contribution in [1.82, 2.24) is 10.6 Å². The monoisotopic (exact) mass is 238 g/mol. The van der Waals surface area contributed by atoms with Crippen LogP contribution in [0.5, 0.6) is 0 Å². The maximum atomic E-state index is 11.6. The molecule has 0 saturated carbocycles. The molecule has 0 aromatic heterocycles. The van der Waals surface area contributed by atoms with Crippen LogP contribution in [0.25, 0.3) is 0 Å². The highest BCUT2D eigenvalue weighted by molar-refractivity contribution is 6.17. The molecule has 1 aromatic carbocycles. The number of carbonyl (C=O) groups is 2. The zero-order valence-electron chi connectivity index (χ0n) is 8.71. The molecule has 1 saturated heterocycles. The maximum absolute atomic E-state index is 11.6. The highest BCUT2D eigenvalue weighted by Gasteiger charge is 2.43. The molecule has 5 heteroatoms. The second-order valence-corrected chi connectivity index (χ2v) is 4.13. The summed E-state index contributed by atoms with van der Waals surface area (Å²) in [6.07, 6.45) is 0. The maximum Gasteiger partial charge on any atom is 0.322 e. The quantitative estimate of drug-likeness (QED) is 0.606. The summed E-state index contributed by atoms with van der Waals surface area (Å²) in [5.74, 6) is 0.0892. The van der Waals surface area contributed by atoms with E-state index in [0.717, 1.165) is 11.1 Å². The molecule has 16 heavy (non-hydrogen) atoms. The average Bonchev–Trinajstić information content (AvgIpc) is 2.54. The van der Waals surface area contributed by atoms with E-state index in [1.54, 1.807) is 19.1 Å². The third-order valence-electron chi connectivity index (χ3n) is 2.73. The van der Waals surface area contributed by atoms with Crippen LogP contribution in [-0.2, 0) is 16.2 Å². The van der Waals surface area contributed by atoms with Crippen molar-refractivity contribution in [3.05, 3.63) is 35.4 Å². The molecule has 1 unspecified atom stereocenters. The Morgan fingerprint density at radius 1 is 1.25 bits per heavy atom. The molecule has 1 aliphatic heterocycles. The van der Waals surface area contributed by atoms with E-state index in [2.05, 4.69) is 10.6 Å². The molecular formula is C11H11ClN2O2. The van der Waals surface area contributed by atoms with Gasteiger partial charge in [-0.25, -0.2) is 4.79 Å². The molecule has 0 spiro atoms. The first-order chi connectivity index (χ1) is 7.56. The Morgan fingerprint density at radius 2 is 1.88 bits per heavy atom. The third kappa shape index (κ3) is 1.65. The molecule has 4 nitrogen and oxygen atoms in total. The number of urea groups is 1. The van der Waals surface area contributed by atoms with Crippen molar-refractivity contribution < 1.29 is 9.59 Å². The first-order valence-corrected chi connectivity index (χ1v) is 5.38. The van der Waals surface area contributed by atoms with E-state index in [1.165, 1.54) is 0 Å². The van der Waals surface area contributed by atoms with Gasteiger partial charge in [0.25, 0.3) is 5.91 Å². The molecule has 84 valence electrons. The lowest BCUT2D eigenvalue weighted by Gasteiger charge is -2.21. The fourth-order valence-corrected chi connectivity index (χ4v) is 1.85. The van der Waals surface area contributed by atoms with Gasteiger partial charge in [-0.15, -0.1) is 11.6 Å². The van der Waals surface area contributed by atoms with E-state index < -0.39 is 11.6 Å². The minimum atomic E-state index is -0.984. The van der Waals surface area contributed by atoms with E-state index in [-0.39, 0.29) is 5.91 Å². The number of alkyl halides is 1. The van der Waals surface area contributed by atoms with Crippen LogP contribution in [0.1, 0.15) is 18.1 Å². The minimum Gasteiger partial charge on any atom is -0.320 e. The van der Waals surface area contributed by atoms with Gasteiger partial charge >= 0.3 is 6.03 Å². The average molecular weight is 239 g/mol. The first kappa shape index (κ1) is 11.0. The highest BCUT2D eigenvalue weighted by Crippen LogP contribution is 2.24. The Morgan fingerprint density at radius 3 is 2.31 bits per heavy atom. The number of halogens is 1. The second kappa shape index (κ2) is 3.79. The number of carbonyl (C=O) groups excluding carboxylic acids is 2. The Bertz CT molecular complexity index is 444. The standard InChI is InChI=1S/C11H11ClN2O2/c1-11(9(15)13-10(16)14-11)8-4-2-7(6-12)3-5-8/h2-5H,6H2,1H3,(H2,13,14,15,16). The Kier molecular flexibility index (Phi) is 2.59. The van der Waals surface area contributed by atoms with Gasteiger partial charge in [-0.3, -0.25) is 10.1 Å². The minimum absolute atomic E-state index is 0.337. The van der Waals surface area contributed by atoms with Crippen molar-refractivity contribution in [1.29, 1.82) is 0 Å². The van der Waals surface area contributed by atoms with Crippen molar-refractivity contribution in [2.45, 2.75) is 18.3 Å². The fraction of sp³-hybridized carbons (Fsp3) is 0.273. The molecule has 2 rings (SSSR count). The highest BCUT2D eigenvalue weighted by atomic mass is 35.5. The normalized spacial score (nSPS) is 24.1. The number of benzene rings is 1. The first-order valence-electron chi connectivity index (χ1n) is 4.85. The number of hydrogen-bond acceptors (Lipinski definition) is 2. The van der Waals surface area contributed by atoms with E-state index in [4.69, 9.17) is 11.6 Å². The Labute approximate surface area is 98.0 Å². The lowest BCUT2D eigenvalue weighted by atomic mass is 9.92. The van der Waals surface area contributed by atoms with Crippen LogP contribution in [0.4, 0.5) is 4.79 Å². The van der Waals surface area contributed by atoms with Crippen LogP contribution in [-0.4, -0.2) is 11.9 Å². The van der Waals surface area contributed by atoms with Crippen LogP contribution >= 0.6 is 11.6 Å². The number of nitrogens with one attached hydrogen (secondary N) is 2. The van der Waals surface area contributed by atoms with E-state index in [9.17, 15) is 9.59 Å². The number of imide groups is 1. The summed E-state index contributed by atoms with van der Waals surface area (Å²) < 4.78 is 0. The largest absolute Gasteiger partial charge is 0.322 e. The van der Waals surface area contributed by atoms with Crippen LogP contribution in [0, 0.1) is 0 Å². The molecule has 0 radical (unpaired) electrons. The van der Waals surface area contributed by atoms with Gasteiger partial charge in [0, 0.05) is 5.88 Å². The van der Waals surface area contributed by atoms with Crippen molar-refractivity contribution >= 4 is 23.5 Å². The fourth-order valence-electron chi connectivity index (χ4n) is 1.67. The van der Waals surface area contributed by atoms with Gasteiger partial charge in [0.1, 0.15) is 5.54 Å². The molecule has 0 aliphatic carbocycles. The predicted molar refractivity (Wildman–Crippen MR) is 60.0 cm³/mol. The lowest BCUT2D eigenvalue weighted by Crippen LogP contribution is -2.40. The van der Waals surface area contributed by atoms with E-state index in [1.807, 2.05) is 12.1 Å². The molecule has 1 aromatic rings. The molecule has 2 N–H and O–H groups in total. The summed E-state index contributed by atoms with van der Waals surface area (Å²) >= 11 is 5.68. The molecule has 1 aliphatic rings. The molecule has 0 bridgehead atoms. The number of hydrogen-bond donors (Lipinski definition) is 2. The van der Waals surface area contributed by atoms with Gasteiger partial charge in [0.05, 0.1) is 0 Å². The third-order valence-corrected chi connectivity index (χ3v) is 3.04. The van der Waals surface area contributed by atoms with Gasteiger partial charge in [0.2, 0.25) is 0 Å². The second-order valence-electron chi connectivity index (χ2n) is 3.86. The molecular weight excluding hydrogens is 228 g/mol. The van der Waals surface area contributed by atoms with Crippen molar-refractivity contribution in [3.8, 4) is 0 Å². The summed E-state index contributed by atoms with van der Waals surface area (Å²) in [4.78, 5) is 22.7. The number of amides is 3. The lowest BCUT2D eigenvalue weighted by molar-refractivity contribution is -0.123. The van der Waals surface area contributed by atoms with E-state index in [0.29, 0.717) is 5.88 Å². The van der Waals surface area contributed by atoms with Gasteiger partial charge in [-0.2, -0.15) is 0 Å². The van der Waals surface area contributed by atoms with Gasteiger partial charge in [-0.05, 0) is 18.1 Å². The van der Waals surface area contributed by atoms with E-state index >= 15 is 0 Å². The van der Waals surface area contributed by atoms with Crippen molar-refractivity contribution in [3.63, 3.8) is 0 Å². The van der Waals surface area contributed by atoms with Crippen molar-refractivity contribution in [2.75, 3.05) is 0 Å². The zero-order chi connectivity index (χ0) is 11.8. The Hall–Kier alpha value is -1.55. The smallest absolute Gasteiger partial charge is 0.320 e. The Balaban J connectivity index is 2.36. The SMILES string of the molecule is CC1(c2ccc(CCl)cc2)NC(=O)NC1=O. The van der Waals surface area contributed by atoms with Gasteiger partial charge < -0.3 is 5.32 Å². The van der Waals surface area contributed by atoms with Crippen molar-refractivity contribution in [2.24, 2.45) is 0 Å². The summed E-state index contributed by atoms with van der Waals surface area (Å²) in [7, 11) is 0. The van der Waals surface area contributed by atoms with Gasteiger partial charge in [-0.1, -0.05) is 24.3 Å². The summed E-state index contributed by atoms with van der Waals surface area (Å²) in [6, 6.07) is 6.80. The molecule has 1 fully saturated rings. The summed E-state index contributed by atoms with van der Waals surface area (Å²) in [6.45, 7) is 1.67. The van der Waals surface area contributed by atoms with Crippen LogP contribution in [0.3, 0.4) is 0 Å². The molecule has 3 amide bonds. The topological polar surface area (TPSA) is 58.2 Å². The molecule has 1 atom stereocenters. The van der Waals surface area contributed by atoms with Crippen LogP contribution in [0.15, 0.2) is 24.3 Å². The van der Waals surface area contributed by atoms with Crippen LogP contribution < -0.4 is 10.6 Å². The van der Waals surface area contributed by atoms with Crippen LogP contribution in [0.2, 0.25) is 0 Å². The summed E-state index contributed by atoms with van der Waals surface area (Å²) in [5.41, 5.74) is 0.727. The van der Waals surface area contributed by atoms with Gasteiger partial charge in [0.15, 0.2) is 0 Å². The predicted octanol–water partition coefficient (Wildman–Crippen LogP) is 1.48. The number of rotatable bonds is 2. The summed E-state index contributed by atoms with van der Waals surface area (Å²) in [5, 5.41) is 4.82. The molecule has 1 heterocycles. The zero-order valence-corrected chi connectivity index (χ0v) is 9.47.